The molecule has 1 N–H and O–H groups in total. The molecule has 0 aliphatic heterocycles. The number of amides is 1. The number of non-ortho nitro benzene ring substituents is 1. The minimum Gasteiger partial charge on any atom is -0.322 e. The number of benzene rings is 2. The summed E-state index contributed by atoms with van der Waals surface area (Å²) in [6.07, 6.45) is 3.11. The summed E-state index contributed by atoms with van der Waals surface area (Å²) in [6, 6.07) is 12.1. The van der Waals surface area contributed by atoms with Crippen LogP contribution in [0.4, 0.5) is 11.4 Å². The van der Waals surface area contributed by atoms with Crippen molar-refractivity contribution in [1.29, 1.82) is 0 Å². The molecule has 0 aliphatic carbocycles. The van der Waals surface area contributed by atoms with E-state index in [1.54, 1.807) is 19.1 Å². The lowest BCUT2D eigenvalue weighted by Gasteiger charge is -2.06. The van der Waals surface area contributed by atoms with Gasteiger partial charge in [0.2, 0.25) is 5.91 Å². The van der Waals surface area contributed by atoms with Crippen LogP contribution in [-0.2, 0) is 4.79 Å². The number of nitro benzene ring substituents is 1. The summed E-state index contributed by atoms with van der Waals surface area (Å²) in [7, 11) is 0. The lowest BCUT2D eigenvalue weighted by molar-refractivity contribution is -0.384. The van der Waals surface area contributed by atoms with Crippen molar-refractivity contribution >= 4 is 23.4 Å². The van der Waals surface area contributed by atoms with Gasteiger partial charge in [0.1, 0.15) is 0 Å². The highest BCUT2D eigenvalue weighted by Gasteiger charge is 2.09. The van der Waals surface area contributed by atoms with Gasteiger partial charge in [-0.25, -0.2) is 0 Å². The van der Waals surface area contributed by atoms with E-state index in [2.05, 4.69) is 5.32 Å². The third-order valence-electron chi connectivity index (χ3n) is 3.16. The minimum atomic E-state index is -0.488. The van der Waals surface area contributed by atoms with Gasteiger partial charge in [-0.05, 0) is 31.1 Å². The van der Waals surface area contributed by atoms with Crippen molar-refractivity contribution in [1.82, 2.24) is 0 Å². The molecule has 2 rings (SSSR count). The fourth-order valence-electron chi connectivity index (χ4n) is 1.98. The molecule has 0 aliphatic rings. The van der Waals surface area contributed by atoms with E-state index in [0.717, 1.165) is 16.7 Å². The number of rotatable bonds is 4. The monoisotopic (exact) mass is 296 g/mol. The molecular weight excluding hydrogens is 280 g/mol. The second-order valence-corrected chi connectivity index (χ2v) is 4.99. The van der Waals surface area contributed by atoms with Gasteiger partial charge >= 0.3 is 0 Å². The molecule has 0 atom stereocenters. The van der Waals surface area contributed by atoms with E-state index in [1.165, 1.54) is 18.2 Å². The van der Waals surface area contributed by atoms with Crippen LogP contribution in [0.1, 0.15) is 16.7 Å². The van der Waals surface area contributed by atoms with Gasteiger partial charge in [-0.2, -0.15) is 0 Å². The van der Waals surface area contributed by atoms with Crippen molar-refractivity contribution in [3.05, 3.63) is 75.3 Å². The highest BCUT2D eigenvalue weighted by Crippen LogP contribution is 2.21. The molecule has 2 aromatic carbocycles. The van der Waals surface area contributed by atoms with Gasteiger partial charge in [0, 0.05) is 18.2 Å². The first-order valence-corrected chi connectivity index (χ1v) is 6.76. The quantitative estimate of drug-likeness (QED) is 0.529. The lowest BCUT2D eigenvalue weighted by Crippen LogP contribution is -2.09. The van der Waals surface area contributed by atoms with Crippen molar-refractivity contribution in [3.8, 4) is 0 Å². The molecule has 0 saturated heterocycles. The Morgan fingerprint density at radius 3 is 2.64 bits per heavy atom. The molecule has 0 spiro atoms. The van der Waals surface area contributed by atoms with Crippen LogP contribution >= 0.6 is 0 Å². The van der Waals surface area contributed by atoms with Crippen LogP contribution in [-0.4, -0.2) is 10.8 Å². The summed E-state index contributed by atoms with van der Waals surface area (Å²) < 4.78 is 0. The van der Waals surface area contributed by atoms with Crippen LogP contribution in [0.25, 0.3) is 6.08 Å². The second kappa shape index (κ2) is 6.67. The maximum atomic E-state index is 11.9. The van der Waals surface area contributed by atoms with Gasteiger partial charge in [-0.15, -0.1) is 0 Å². The number of carbonyl (C=O) groups is 1. The Morgan fingerprint density at radius 1 is 1.18 bits per heavy atom. The van der Waals surface area contributed by atoms with E-state index in [-0.39, 0.29) is 11.6 Å². The molecular formula is C17H16N2O3. The van der Waals surface area contributed by atoms with Gasteiger partial charge in [0.15, 0.2) is 0 Å². The van der Waals surface area contributed by atoms with Crippen LogP contribution in [0.2, 0.25) is 0 Å². The zero-order valence-corrected chi connectivity index (χ0v) is 12.4. The maximum Gasteiger partial charge on any atom is 0.271 e. The SMILES string of the molecule is Cc1cccc(/C=C/C(=O)Nc2cc([N+](=O)[O-])ccc2C)c1. The van der Waals surface area contributed by atoms with Crippen molar-refractivity contribution < 1.29 is 9.72 Å². The molecule has 0 radical (unpaired) electrons. The van der Waals surface area contributed by atoms with Crippen molar-refractivity contribution in [3.63, 3.8) is 0 Å². The summed E-state index contributed by atoms with van der Waals surface area (Å²) in [4.78, 5) is 22.2. The van der Waals surface area contributed by atoms with Crippen molar-refractivity contribution in [2.75, 3.05) is 5.32 Å². The number of anilines is 1. The Hall–Kier alpha value is -2.95. The standard InChI is InChI=1S/C17H16N2O3/c1-12-4-3-5-14(10-12)7-9-17(20)18-16-11-15(19(21)22)8-6-13(16)2/h3-11H,1-2H3,(H,18,20)/b9-7+. The molecule has 5 heteroatoms. The summed E-state index contributed by atoms with van der Waals surface area (Å²) in [5.41, 5.74) is 3.18. The third kappa shape index (κ3) is 4.02. The van der Waals surface area contributed by atoms with E-state index in [0.29, 0.717) is 5.69 Å². The fraction of sp³-hybridized carbons (Fsp3) is 0.118. The first-order valence-electron chi connectivity index (χ1n) is 6.76. The van der Waals surface area contributed by atoms with E-state index in [9.17, 15) is 14.9 Å². The molecule has 0 aromatic heterocycles. The predicted molar refractivity (Wildman–Crippen MR) is 86.7 cm³/mol. The Balaban J connectivity index is 2.12. The number of nitrogens with zero attached hydrogens (tertiary/aromatic N) is 1. The molecule has 112 valence electrons. The summed E-state index contributed by atoms with van der Waals surface area (Å²) in [5, 5.41) is 13.4. The van der Waals surface area contributed by atoms with Crippen LogP contribution in [0, 0.1) is 24.0 Å². The highest BCUT2D eigenvalue weighted by atomic mass is 16.6. The van der Waals surface area contributed by atoms with Crippen molar-refractivity contribution in [2.45, 2.75) is 13.8 Å². The Kier molecular flexibility index (Phi) is 4.68. The first-order chi connectivity index (χ1) is 10.5. The number of nitro groups is 1. The number of nitrogens with one attached hydrogen (secondary N) is 1. The van der Waals surface area contributed by atoms with Crippen LogP contribution in [0.5, 0.6) is 0 Å². The smallest absolute Gasteiger partial charge is 0.271 e. The third-order valence-corrected chi connectivity index (χ3v) is 3.16. The zero-order chi connectivity index (χ0) is 16.1. The highest BCUT2D eigenvalue weighted by molar-refractivity contribution is 6.02. The van der Waals surface area contributed by atoms with Gasteiger partial charge in [0.05, 0.1) is 10.6 Å². The maximum absolute atomic E-state index is 11.9. The number of carbonyl (C=O) groups excluding carboxylic acids is 1. The molecule has 22 heavy (non-hydrogen) atoms. The fourth-order valence-corrected chi connectivity index (χ4v) is 1.98. The molecule has 0 saturated carbocycles. The molecule has 2 aromatic rings. The summed E-state index contributed by atoms with van der Waals surface area (Å²) >= 11 is 0. The first kappa shape index (κ1) is 15.4. The molecule has 0 bridgehead atoms. The van der Waals surface area contributed by atoms with E-state index < -0.39 is 4.92 Å². The Morgan fingerprint density at radius 2 is 1.95 bits per heavy atom. The molecule has 1 amide bonds. The Labute approximate surface area is 128 Å². The minimum absolute atomic E-state index is 0.0523. The van der Waals surface area contributed by atoms with Crippen LogP contribution in [0.15, 0.2) is 48.5 Å². The Bertz CT molecular complexity index is 751. The van der Waals surface area contributed by atoms with E-state index in [1.807, 2.05) is 31.2 Å². The van der Waals surface area contributed by atoms with Crippen LogP contribution < -0.4 is 5.32 Å². The van der Waals surface area contributed by atoms with Crippen molar-refractivity contribution in [2.24, 2.45) is 0 Å². The normalized spacial score (nSPS) is 10.6. The largest absolute Gasteiger partial charge is 0.322 e. The summed E-state index contributed by atoms with van der Waals surface area (Å²) in [6.45, 7) is 3.76. The van der Waals surface area contributed by atoms with Gasteiger partial charge in [-0.1, -0.05) is 35.9 Å². The second-order valence-electron chi connectivity index (χ2n) is 4.99. The number of hydrogen-bond donors (Lipinski definition) is 1. The number of aryl methyl sites for hydroxylation is 2. The van der Waals surface area contributed by atoms with E-state index >= 15 is 0 Å². The molecule has 0 unspecified atom stereocenters. The number of hydrogen-bond acceptors (Lipinski definition) is 3. The average molecular weight is 296 g/mol. The topological polar surface area (TPSA) is 72.2 Å². The van der Waals surface area contributed by atoms with E-state index in [4.69, 9.17) is 0 Å². The van der Waals surface area contributed by atoms with Gasteiger partial charge in [-0.3, -0.25) is 14.9 Å². The molecule has 5 nitrogen and oxygen atoms in total. The van der Waals surface area contributed by atoms with Gasteiger partial charge < -0.3 is 5.32 Å². The predicted octanol–water partition coefficient (Wildman–Crippen LogP) is 3.86. The van der Waals surface area contributed by atoms with Gasteiger partial charge in [0.25, 0.3) is 5.69 Å². The average Bonchev–Trinajstić information content (AvgIpc) is 2.47. The molecule has 0 heterocycles. The molecule has 0 fully saturated rings. The van der Waals surface area contributed by atoms with Crippen LogP contribution in [0.3, 0.4) is 0 Å². The summed E-state index contributed by atoms with van der Waals surface area (Å²) in [5.74, 6) is -0.329. The zero-order valence-electron chi connectivity index (χ0n) is 12.4. The lowest BCUT2D eigenvalue weighted by atomic mass is 10.1.